The number of hydrogen-bond acceptors (Lipinski definition) is 6. The molecule has 9 nitrogen and oxygen atoms in total. The van der Waals surface area contributed by atoms with E-state index in [1.807, 2.05) is 0 Å². The van der Waals surface area contributed by atoms with Gasteiger partial charge in [0.2, 0.25) is 0 Å². The van der Waals surface area contributed by atoms with Gasteiger partial charge in [-0.2, -0.15) is 0 Å². The molecule has 0 radical (unpaired) electrons. The van der Waals surface area contributed by atoms with E-state index in [-0.39, 0.29) is 13.0 Å². The van der Waals surface area contributed by atoms with E-state index in [2.05, 4.69) is 14.8 Å². The molecule has 0 saturated carbocycles. The van der Waals surface area contributed by atoms with Gasteiger partial charge in [0.15, 0.2) is 0 Å². The SMILES string of the molecule is COC(=O)N1C[C@@H](N=[N+]=[N-])C[C@@H]1P(=O)(OC)OC. The first kappa shape index (κ1) is 14.8. The summed E-state index contributed by atoms with van der Waals surface area (Å²) in [7, 11) is 0.215. The summed E-state index contributed by atoms with van der Waals surface area (Å²) in [6.45, 7) is 0.123. The van der Waals surface area contributed by atoms with Gasteiger partial charge in [0.05, 0.1) is 13.2 Å². The van der Waals surface area contributed by atoms with Crippen LogP contribution in [0.1, 0.15) is 6.42 Å². The number of nitrogens with zero attached hydrogens (tertiary/aromatic N) is 4. The Balaban J connectivity index is 3.02. The molecule has 0 N–H and O–H groups in total. The van der Waals surface area contributed by atoms with Crippen LogP contribution in [0.2, 0.25) is 0 Å². The molecule has 0 aromatic rings. The fourth-order valence-electron chi connectivity index (χ4n) is 1.88. The molecule has 1 amide bonds. The molecule has 1 heterocycles. The third-order valence-corrected chi connectivity index (χ3v) is 4.99. The zero-order valence-corrected chi connectivity index (χ0v) is 11.2. The first-order valence-corrected chi connectivity index (χ1v) is 6.73. The maximum atomic E-state index is 12.3. The maximum Gasteiger partial charge on any atom is 0.410 e. The van der Waals surface area contributed by atoms with Crippen LogP contribution in [0.25, 0.3) is 10.4 Å². The molecule has 1 rings (SSSR count). The molecule has 0 aromatic carbocycles. The Morgan fingerprint density at radius 3 is 2.50 bits per heavy atom. The lowest BCUT2D eigenvalue weighted by atomic mass is 10.3. The lowest BCUT2D eigenvalue weighted by Crippen LogP contribution is -2.36. The van der Waals surface area contributed by atoms with Crippen molar-refractivity contribution in [3.05, 3.63) is 10.4 Å². The third-order valence-electron chi connectivity index (χ3n) is 2.75. The van der Waals surface area contributed by atoms with Crippen LogP contribution in [0, 0.1) is 0 Å². The van der Waals surface area contributed by atoms with Gasteiger partial charge in [-0.1, -0.05) is 5.11 Å². The number of likely N-dealkylation sites (tertiary alicyclic amines) is 1. The largest absolute Gasteiger partial charge is 0.453 e. The van der Waals surface area contributed by atoms with Crippen LogP contribution in [0.5, 0.6) is 0 Å². The maximum absolute atomic E-state index is 12.3. The number of carbonyl (C=O) groups excluding carboxylic acids is 1. The number of carbonyl (C=O) groups is 1. The molecule has 0 bridgehead atoms. The highest BCUT2D eigenvalue weighted by molar-refractivity contribution is 7.54. The molecular formula is C8H15N4O5P. The molecule has 1 fully saturated rings. The van der Waals surface area contributed by atoms with E-state index in [1.165, 1.54) is 26.2 Å². The second-order valence-corrected chi connectivity index (χ2v) is 6.01. The highest BCUT2D eigenvalue weighted by Crippen LogP contribution is 2.56. The lowest BCUT2D eigenvalue weighted by molar-refractivity contribution is 0.121. The Morgan fingerprint density at radius 1 is 1.44 bits per heavy atom. The van der Waals surface area contributed by atoms with E-state index in [0.717, 1.165) is 0 Å². The van der Waals surface area contributed by atoms with Gasteiger partial charge in [-0.05, 0) is 12.0 Å². The van der Waals surface area contributed by atoms with Gasteiger partial charge in [0.1, 0.15) is 5.78 Å². The Bertz CT molecular complexity index is 402. The number of rotatable bonds is 4. The number of hydrogen-bond donors (Lipinski definition) is 0. The summed E-state index contributed by atoms with van der Waals surface area (Å²) in [5, 5.41) is 3.52. The summed E-state index contributed by atoms with van der Waals surface area (Å²) < 4.78 is 26.6. The van der Waals surface area contributed by atoms with Crippen LogP contribution < -0.4 is 0 Å². The van der Waals surface area contributed by atoms with Crippen molar-refractivity contribution in [1.29, 1.82) is 0 Å². The summed E-state index contributed by atoms with van der Waals surface area (Å²) in [4.78, 5) is 15.5. The smallest absolute Gasteiger partial charge is 0.410 e. The third kappa shape index (κ3) is 2.76. The standard InChI is InChI=1S/C8H15N4O5P/c1-15-8(13)12-5-6(10-11-9)4-7(12)18(14,16-2)17-3/h6-7H,4-5H2,1-3H3/t6-,7-/m0/s1. The Labute approximate surface area is 104 Å². The second kappa shape index (κ2) is 6.06. The van der Waals surface area contributed by atoms with Crippen molar-refractivity contribution in [1.82, 2.24) is 4.90 Å². The van der Waals surface area contributed by atoms with E-state index in [1.54, 1.807) is 0 Å². The highest BCUT2D eigenvalue weighted by atomic mass is 31.2. The number of amides is 1. The zero-order valence-electron chi connectivity index (χ0n) is 10.3. The average Bonchev–Trinajstić information content (AvgIpc) is 2.82. The van der Waals surface area contributed by atoms with Crippen molar-refractivity contribution in [2.45, 2.75) is 18.2 Å². The Hall–Kier alpha value is -1.27. The molecule has 0 spiro atoms. The first-order valence-electron chi connectivity index (χ1n) is 5.12. The van der Waals surface area contributed by atoms with E-state index in [4.69, 9.17) is 14.6 Å². The van der Waals surface area contributed by atoms with Crippen molar-refractivity contribution in [3.63, 3.8) is 0 Å². The summed E-state index contributed by atoms with van der Waals surface area (Å²) >= 11 is 0. The quantitative estimate of drug-likeness (QED) is 0.337. The second-order valence-electron chi connectivity index (χ2n) is 3.60. The van der Waals surface area contributed by atoms with E-state index >= 15 is 0 Å². The number of azide groups is 1. The van der Waals surface area contributed by atoms with Crippen LogP contribution in [0.15, 0.2) is 5.11 Å². The summed E-state index contributed by atoms with van der Waals surface area (Å²) in [5.41, 5.74) is 8.40. The molecule has 1 aliphatic heterocycles. The minimum absolute atomic E-state index is 0.123. The fraction of sp³-hybridized carbons (Fsp3) is 0.875. The minimum Gasteiger partial charge on any atom is -0.453 e. The van der Waals surface area contributed by atoms with Crippen LogP contribution in [0.3, 0.4) is 0 Å². The van der Waals surface area contributed by atoms with Gasteiger partial charge < -0.3 is 13.8 Å². The van der Waals surface area contributed by atoms with Crippen LogP contribution >= 0.6 is 7.60 Å². The normalized spacial score (nSPS) is 23.6. The highest BCUT2D eigenvalue weighted by Gasteiger charge is 2.47. The summed E-state index contributed by atoms with van der Waals surface area (Å²) in [5.74, 6) is -0.810. The fourth-order valence-corrected chi connectivity index (χ4v) is 3.55. The molecule has 1 aliphatic rings. The van der Waals surface area contributed by atoms with Crippen molar-refractivity contribution in [2.75, 3.05) is 27.9 Å². The lowest BCUT2D eigenvalue weighted by Gasteiger charge is -2.27. The zero-order chi connectivity index (χ0) is 13.8. The van der Waals surface area contributed by atoms with E-state index in [9.17, 15) is 9.36 Å². The van der Waals surface area contributed by atoms with Gasteiger partial charge in [-0.25, -0.2) is 4.79 Å². The molecule has 10 heteroatoms. The topological polar surface area (TPSA) is 114 Å². The van der Waals surface area contributed by atoms with Gasteiger partial charge in [0.25, 0.3) is 0 Å². The van der Waals surface area contributed by atoms with Crippen LogP contribution in [-0.2, 0) is 18.3 Å². The first-order chi connectivity index (χ1) is 8.52. The molecule has 0 unspecified atom stereocenters. The van der Waals surface area contributed by atoms with Gasteiger partial charge in [-0.15, -0.1) is 0 Å². The van der Waals surface area contributed by atoms with Crippen LogP contribution in [0.4, 0.5) is 4.79 Å². The van der Waals surface area contributed by atoms with Gasteiger partial charge >= 0.3 is 13.7 Å². The van der Waals surface area contributed by atoms with E-state index in [0.29, 0.717) is 0 Å². The van der Waals surface area contributed by atoms with Crippen molar-refractivity contribution < 1.29 is 23.1 Å². The van der Waals surface area contributed by atoms with Gasteiger partial charge in [0, 0.05) is 25.7 Å². The summed E-state index contributed by atoms with van der Waals surface area (Å²) in [6.07, 6.45) is -0.456. The number of methoxy groups -OCH3 is 1. The minimum atomic E-state index is -3.47. The predicted octanol–water partition coefficient (Wildman–Crippen LogP) is 1.95. The molecule has 0 aromatic heterocycles. The molecule has 102 valence electrons. The van der Waals surface area contributed by atoms with Gasteiger partial charge in [-0.3, -0.25) is 9.46 Å². The molecule has 2 atom stereocenters. The molecule has 0 aliphatic carbocycles. The summed E-state index contributed by atoms with van der Waals surface area (Å²) in [6, 6.07) is -0.474. The van der Waals surface area contributed by atoms with Crippen LogP contribution in [-0.4, -0.2) is 50.7 Å². The average molecular weight is 278 g/mol. The molecule has 1 saturated heterocycles. The Morgan fingerprint density at radius 2 is 2.06 bits per heavy atom. The van der Waals surface area contributed by atoms with Crippen molar-refractivity contribution in [3.8, 4) is 0 Å². The molecular weight excluding hydrogens is 263 g/mol. The van der Waals surface area contributed by atoms with E-state index < -0.39 is 25.5 Å². The molecule has 18 heavy (non-hydrogen) atoms. The monoisotopic (exact) mass is 278 g/mol. The van der Waals surface area contributed by atoms with Crippen molar-refractivity contribution >= 4 is 13.7 Å². The Kier molecular flexibility index (Phi) is 4.98. The predicted molar refractivity (Wildman–Crippen MR) is 62.1 cm³/mol. The number of ether oxygens (including phenoxy) is 1. The van der Waals surface area contributed by atoms with Crippen molar-refractivity contribution in [2.24, 2.45) is 5.11 Å².